The first-order valence-electron chi connectivity index (χ1n) is 6.40. The molecule has 0 amide bonds. The van der Waals surface area contributed by atoms with Gasteiger partial charge in [0.05, 0.1) is 0 Å². The van der Waals surface area contributed by atoms with Crippen molar-refractivity contribution >= 4 is 11.5 Å². The van der Waals surface area contributed by atoms with Crippen LogP contribution in [0.25, 0.3) is 5.57 Å². The van der Waals surface area contributed by atoms with E-state index in [1.54, 1.807) is 0 Å². The number of aliphatic carboxylic acids is 1. The van der Waals surface area contributed by atoms with Gasteiger partial charge in [0.25, 0.3) is 0 Å². The Bertz CT molecular complexity index is 503. The van der Waals surface area contributed by atoms with Gasteiger partial charge in [0.1, 0.15) is 0 Å². The van der Waals surface area contributed by atoms with E-state index in [4.69, 9.17) is 14.6 Å². The average molecular weight is 262 g/mol. The highest BCUT2D eigenvalue weighted by molar-refractivity contribution is 5.71. The normalized spacial score (nSPS) is 13.9. The summed E-state index contributed by atoms with van der Waals surface area (Å²) in [4.78, 5) is 10.6. The highest BCUT2D eigenvalue weighted by atomic mass is 16.7. The summed E-state index contributed by atoms with van der Waals surface area (Å²) in [6.07, 6.45) is 2.69. The van der Waals surface area contributed by atoms with E-state index in [0.29, 0.717) is 12.3 Å². The number of benzene rings is 1. The summed E-state index contributed by atoms with van der Waals surface area (Å²) in [5, 5.41) is 8.70. The Labute approximate surface area is 112 Å². The van der Waals surface area contributed by atoms with Crippen molar-refractivity contribution < 1.29 is 19.4 Å². The Kier molecular flexibility index (Phi) is 4.10. The molecule has 0 saturated carbocycles. The van der Waals surface area contributed by atoms with E-state index in [0.717, 1.165) is 22.6 Å². The highest BCUT2D eigenvalue weighted by Crippen LogP contribution is 2.36. The van der Waals surface area contributed by atoms with Crippen LogP contribution in [0.5, 0.6) is 11.5 Å². The molecule has 0 spiro atoms. The van der Waals surface area contributed by atoms with Crippen LogP contribution in [0, 0.1) is 5.92 Å². The molecule has 1 aromatic rings. The van der Waals surface area contributed by atoms with Crippen molar-refractivity contribution in [3.63, 3.8) is 0 Å². The molecule has 0 atom stereocenters. The van der Waals surface area contributed by atoms with Crippen LogP contribution in [0.2, 0.25) is 0 Å². The minimum atomic E-state index is -0.773. The van der Waals surface area contributed by atoms with Crippen LogP contribution in [0.3, 0.4) is 0 Å². The van der Waals surface area contributed by atoms with E-state index in [9.17, 15) is 4.79 Å². The zero-order chi connectivity index (χ0) is 13.8. The molecule has 0 aliphatic carbocycles. The Hall–Kier alpha value is -1.97. The number of ether oxygens (including phenoxy) is 2. The maximum Gasteiger partial charge on any atom is 0.303 e. The number of hydrogen-bond donors (Lipinski definition) is 1. The van der Waals surface area contributed by atoms with E-state index in [1.165, 1.54) is 0 Å². The molecule has 19 heavy (non-hydrogen) atoms. The van der Waals surface area contributed by atoms with E-state index in [1.807, 2.05) is 24.3 Å². The fraction of sp³-hybridized carbons (Fsp3) is 0.400. The minimum Gasteiger partial charge on any atom is -0.481 e. The van der Waals surface area contributed by atoms with E-state index in [2.05, 4.69) is 13.8 Å². The third kappa shape index (κ3) is 3.28. The van der Waals surface area contributed by atoms with Gasteiger partial charge in [0.2, 0.25) is 6.79 Å². The Morgan fingerprint density at radius 1 is 1.37 bits per heavy atom. The third-order valence-corrected chi connectivity index (χ3v) is 3.05. The monoisotopic (exact) mass is 262 g/mol. The number of fused-ring (bicyclic) bond motifs is 1. The first kappa shape index (κ1) is 13.5. The smallest absolute Gasteiger partial charge is 0.303 e. The second-order valence-corrected chi connectivity index (χ2v) is 4.81. The van der Waals surface area contributed by atoms with Crippen LogP contribution in [0.15, 0.2) is 24.3 Å². The number of carboxylic acid groups (broad SMARTS) is 1. The lowest BCUT2D eigenvalue weighted by atomic mass is 9.93. The lowest BCUT2D eigenvalue weighted by Gasteiger charge is -2.12. The SMILES string of the molecule is CC(C)/C(=C\CCC(=O)O)c1ccc2c(c1)OCO2. The Balaban J connectivity index is 2.21. The van der Waals surface area contributed by atoms with Gasteiger partial charge in [0, 0.05) is 6.42 Å². The first-order chi connectivity index (χ1) is 9.08. The van der Waals surface area contributed by atoms with Crippen molar-refractivity contribution in [2.75, 3.05) is 6.79 Å². The van der Waals surface area contributed by atoms with Crippen LogP contribution in [-0.4, -0.2) is 17.9 Å². The lowest BCUT2D eigenvalue weighted by Crippen LogP contribution is -1.97. The average Bonchev–Trinajstić information content (AvgIpc) is 2.80. The van der Waals surface area contributed by atoms with Crippen LogP contribution in [0.1, 0.15) is 32.3 Å². The number of rotatable bonds is 5. The molecular weight excluding hydrogens is 244 g/mol. The van der Waals surface area contributed by atoms with Crippen molar-refractivity contribution in [1.29, 1.82) is 0 Å². The van der Waals surface area contributed by atoms with Crippen LogP contribution < -0.4 is 9.47 Å². The summed E-state index contributed by atoms with van der Waals surface area (Å²) in [6.45, 7) is 4.45. The zero-order valence-corrected chi connectivity index (χ0v) is 11.2. The topological polar surface area (TPSA) is 55.8 Å². The molecule has 1 aliphatic rings. The predicted octanol–water partition coefficient (Wildman–Crippen LogP) is 3.32. The number of hydrogen-bond acceptors (Lipinski definition) is 3. The molecule has 0 fully saturated rings. The van der Waals surface area contributed by atoms with Crippen molar-refractivity contribution in [1.82, 2.24) is 0 Å². The summed E-state index contributed by atoms with van der Waals surface area (Å²) in [5.74, 6) is 1.07. The van der Waals surface area contributed by atoms with Crippen LogP contribution in [0.4, 0.5) is 0 Å². The summed E-state index contributed by atoms with van der Waals surface area (Å²) in [6, 6.07) is 5.83. The highest BCUT2D eigenvalue weighted by Gasteiger charge is 2.15. The molecule has 4 nitrogen and oxygen atoms in total. The van der Waals surface area contributed by atoms with Crippen LogP contribution >= 0.6 is 0 Å². The van der Waals surface area contributed by atoms with Gasteiger partial charge in [0.15, 0.2) is 11.5 Å². The molecule has 0 bridgehead atoms. The zero-order valence-electron chi connectivity index (χ0n) is 11.2. The van der Waals surface area contributed by atoms with E-state index < -0.39 is 5.97 Å². The lowest BCUT2D eigenvalue weighted by molar-refractivity contribution is -0.136. The van der Waals surface area contributed by atoms with E-state index >= 15 is 0 Å². The summed E-state index contributed by atoms with van der Waals surface area (Å²) in [5.41, 5.74) is 2.20. The standard InChI is InChI=1S/C15H18O4/c1-10(2)12(4-3-5-15(16)17)11-6-7-13-14(8-11)19-9-18-13/h4,6-8,10H,3,5,9H2,1-2H3,(H,16,17)/b12-4+. The molecule has 1 aromatic carbocycles. The Morgan fingerprint density at radius 2 is 2.11 bits per heavy atom. The molecule has 0 radical (unpaired) electrons. The van der Waals surface area contributed by atoms with Gasteiger partial charge in [-0.2, -0.15) is 0 Å². The predicted molar refractivity (Wildman–Crippen MR) is 72.2 cm³/mol. The molecular formula is C15H18O4. The van der Waals surface area contributed by atoms with Gasteiger partial charge in [-0.15, -0.1) is 0 Å². The molecule has 1 N–H and O–H groups in total. The fourth-order valence-corrected chi connectivity index (χ4v) is 2.11. The van der Waals surface area contributed by atoms with Gasteiger partial charge in [-0.25, -0.2) is 0 Å². The number of carboxylic acids is 1. The molecule has 4 heteroatoms. The molecule has 1 aliphatic heterocycles. The molecule has 2 rings (SSSR count). The van der Waals surface area contributed by atoms with Crippen LogP contribution in [-0.2, 0) is 4.79 Å². The Morgan fingerprint density at radius 3 is 2.79 bits per heavy atom. The maximum absolute atomic E-state index is 10.6. The summed E-state index contributed by atoms with van der Waals surface area (Å²) >= 11 is 0. The van der Waals surface area contributed by atoms with Gasteiger partial charge < -0.3 is 14.6 Å². The molecule has 0 aromatic heterocycles. The van der Waals surface area contributed by atoms with Gasteiger partial charge in [-0.05, 0) is 35.6 Å². The number of allylic oxidation sites excluding steroid dienone is 2. The molecule has 0 unspecified atom stereocenters. The molecule has 0 saturated heterocycles. The van der Waals surface area contributed by atoms with Gasteiger partial charge in [-0.1, -0.05) is 26.0 Å². The number of carbonyl (C=O) groups is 1. The van der Waals surface area contributed by atoms with Crippen molar-refractivity contribution in [3.05, 3.63) is 29.8 Å². The molecule has 1 heterocycles. The third-order valence-electron chi connectivity index (χ3n) is 3.05. The quantitative estimate of drug-likeness (QED) is 0.884. The first-order valence-corrected chi connectivity index (χ1v) is 6.40. The maximum atomic E-state index is 10.6. The second-order valence-electron chi connectivity index (χ2n) is 4.81. The summed E-state index contributed by atoms with van der Waals surface area (Å²) < 4.78 is 10.7. The fourth-order valence-electron chi connectivity index (χ4n) is 2.11. The van der Waals surface area contributed by atoms with Crippen molar-refractivity contribution in [2.45, 2.75) is 26.7 Å². The molecule has 102 valence electrons. The van der Waals surface area contributed by atoms with Gasteiger partial charge in [-0.3, -0.25) is 4.79 Å². The van der Waals surface area contributed by atoms with Crippen molar-refractivity contribution in [3.8, 4) is 11.5 Å². The van der Waals surface area contributed by atoms with Crippen molar-refractivity contribution in [2.24, 2.45) is 5.92 Å². The largest absolute Gasteiger partial charge is 0.481 e. The van der Waals surface area contributed by atoms with E-state index in [-0.39, 0.29) is 13.2 Å². The second kappa shape index (κ2) is 5.78. The van der Waals surface area contributed by atoms with Gasteiger partial charge >= 0.3 is 5.97 Å². The minimum absolute atomic E-state index is 0.154. The summed E-state index contributed by atoms with van der Waals surface area (Å²) in [7, 11) is 0.